The van der Waals surface area contributed by atoms with Gasteiger partial charge in [0.25, 0.3) is 0 Å². The van der Waals surface area contributed by atoms with Gasteiger partial charge >= 0.3 is 0 Å². The van der Waals surface area contributed by atoms with Crippen LogP contribution in [0.1, 0.15) is 26.0 Å². The Morgan fingerprint density at radius 3 is 2.91 bits per heavy atom. The second-order valence-corrected chi connectivity index (χ2v) is 6.75. The molecule has 1 aliphatic rings. The molecule has 1 aromatic carbocycles. The molecule has 126 valence electrons. The molecule has 0 aliphatic carbocycles. The molecule has 1 atom stereocenters. The number of hydrogen-bond acceptors (Lipinski definition) is 4. The van der Waals surface area contributed by atoms with Gasteiger partial charge in [-0.1, -0.05) is 19.9 Å². The monoisotopic (exact) mass is 339 g/mol. The van der Waals surface area contributed by atoms with Crippen molar-refractivity contribution in [1.29, 1.82) is 0 Å². The fourth-order valence-electron chi connectivity index (χ4n) is 2.98. The summed E-state index contributed by atoms with van der Waals surface area (Å²) in [5, 5.41) is 0. The Morgan fingerprint density at radius 1 is 1.43 bits per heavy atom. The third-order valence-corrected chi connectivity index (χ3v) is 4.40. The number of rotatable bonds is 3. The van der Waals surface area contributed by atoms with Gasteiger partial charge in [-0.2, -0.15) is 0 Å². The van der Waals surface area contributed by atoms with Crippen molar-refractivity contribution in [2.45, 2.75) is 32.9 Å². The first kappa shape index (κ1) is 17.9. The second-order valence-electron chi connectivity index (χ2n) is 6.75. The lowest BCUT2D eigenvalue weighted by atomic mass is 9.80. The minimum Gasteiger partial charge on any atom is -0.444 e. The maximum atomic E-state index is 13.3. The minimum absolute atomic E-state index is 0. The number of hydrogen-bond donors (Lipinski definition) is 1. The Hall–Kier alpha value is -1.43. The first-order valence-electron chi connectivity index (χ1n) is 7.62. The fraction of sp³-hybridized carbons (Fsp3) is 0.471. The number of aromatic nitrogens is 1. The van der Waals surface area contributed by atoms with Crippen molar-refractivity contribution in [1.82, 2.24) is 9.88 Å². The zero-order valence-corrected chi connectivity index (χ0v) is 14.3. The molecule has 1 fully saturated rings. The van der Waals surface area contributed by atoms with E-state index in [4.69, 9.17) is 10.2 Å². The molecule has 0 spiro atoms. The van der Waals surface area contributed by atoms with Gasteiger partial charge in [-0.3, -0.25) is 4.90 Å². The Kier molecular flexibility index (Phi) is 5.45. The minimum atomic E-state index is -0.288. The highest BCUT2D eigenvalue weighted by Crippen LogP contribution is 2.29. The molecule has 2 N–H and O–H groups in total. The van der Waals surface area contributed by atoms with Crippen LogP contribution in [0.15, 0.2) is 34.9 Å². The van der Waals surface area contributed by atoms with Crippen LogP contribution < -0.4 is 5.73 Å². The lowest BCUT2D eigenvalue weighted by Gasteiger charge is -2.42. The number of piperidine rings is 1. The molecule has 0 radical (unpaired) electrons. The van der Waals surface area contributed by atoms with Crippen LogP contribution in [0.4, 0.5) is 4.39 Å². The average molecular weight is 340 g/mol. The molecule has 0 saturated carbocycles. The first-order valence-corrected chi connectivity index (χ1v) is 7.62. The van der Waals surface area contributed by atoms with E-state index in [2.05, 4.69) is 23.7 Å². The Morgan fingerprint density at radius 2 is 2.22 bits per heavy atom. The molecule has 3 rings (SSSR count). The Labute approximate surface area is 142 Å². The highest BCUT2D eigenvalue weighted by Gasteiger charge is 2.33. The van der Waals surface area contributed by atoms with Gasteiger partial charge < -0.3 is 10.2 Å². The molecule has 1 aliphatic heterocycles. The van der Waals surface area contributed by atoms with Crippen molar-refractivity contribution in [2.24, 2.45) is 11.1 Å². The van der Waals surface area contributed by atoms with Crippen molar-refractivity contribution in [2.75, 3.05) is 13.1 Å². The van der Waals surface area contributed by atoms with Crippen LogP contribution in [0, 0.1) is 11.2 Å². The van der Waals surface area contributed by atoms with E-state index in [9.17, 15) is 4.39 Å². The maximum Gasteiger partial charge on any atom is 0.226 e. The summed E-state index contributed by atoms with van der Waals surface area (Å²) in [7, 11) is 0. The van der Waals surface area contributed by atoms with Gasteiger partial charge in [0.2, 0.25) is 5.89 Å². The molecule has 0 bridgehead atoms. The predicted octanol–water partition coefficient (Wildman–Crippen LogP) is 3.46. The van der Waals surface area contributed by atoms with Crippen LogP contribution in [0.5, 0.6) is 0 Å². The molecular weight excluding hydrogens is 317 g/mol. The zero-order chi connectivity index (χ0) is 15.7. The topological polar surface area (TPSA) is 55.3 Å². The van der Waals surface area contributed by atoms with Crippen LogP contribution in [-0.2, 0) is 6.54 Å². The largest absolute Gasteiger partial charge is 0.444 e. The van der Waals surface area contributed by atoms with E-state index >= 15 is 0 Å². The van der Waals surface area contributed by atoms with E-state index in [1.807, 2.05) is 0 Å². The van der Waals surface area contributed by atoms with E-state index < -0.39 is 0 Å². The lowest BCUT2D eigenvalue weighted by molar-refractivity contribution is 0.0889. The lowest BCUT2D eigenvalue weighted by Crippen LogP contribution is -2.52. The summed E-state index contributed by atoms with van der Waals surface area (Å²) in [5.74, 6) is 0.173. The SMILES string of the molecule is CC1(C)CN(Cc2coc(-c3cccc(F)c3)n2)CCC1N.Cl. The average Bonchev–Trinajstić information content (AvgIpc) is 2.91. The van der Waals surface area contributed by atoms with E-state index in [-0.39, 0.29) is 29.7 Å². The molecule has 2 aromatic rings. The quantitative estimate of drug-likeness (QED) is 0.930. The molecule has 1 saturated heterocycles. The van der Waals surface area contributed by atoms with E-state index in [1.165, 1.54) is 12.1 Å². The third kappa shape index (κ3) is 4.10. The van der Waals surface area contributed by atoms with E-state index in [0.717, 1.165) is 31.7 Å². The molecular formula is C17H23ClFN3O. The van der Waals surface area contributed by atoms with Gasteiger partial charge in [-0.15, -0.1) is 12.4 Å². The Bertz CT molecular complexity index is 659. The van der Waals surface area contributed by atoms with Crippen LogP contribution >= 0.6 is 12.4 Å². The number of benzene rings is 1. The summed E-state index contributed by atoms with van der Waals surface area (Å²) < 4.78 is 18.8. The van der Waals surface area contributed by atoms with Crippen molar-refractivity contribution >= 4 is 12.4 Å². The molecule has 1 aromatic heterocycles. The molecule has 4 nitrogen and oxygen atoms in total. The molecule has 6 heteroatoms. The molecule has 0 amide bonds. The highest BCUT2D eigenvalue weighted by molar-refractivity contribution is 5.85. The molecule has 2 heterocycles. The van der Waals surface area contributed by atoms with Crippen LogP contribution in [0.3, 0.4) is 0 Å². The van der Waals surface area contributed by atoms with Gasteiger partial charge in [-0.05, 0) is 30.0 Å². The normalized spacial score (nSPS) is 21.0. The van der Waals surface area contributed by atoms with Gasteiger partial charge in [-0.25, -0.2) is 9.37 Å². The van der Waals surface area contributed by atoms with Crippen LogP contribution in [-0.4, -0.2) is 29.0 Å². The van der Waals surface area contributed by atoms with Crippen molar-refractivity contribution in [3.05, 3.63) is 42.0 Å². The summed E-state index contributed by atoms with van der Waals surface area (Å²) in [4.78, 5) is 6.82. The van der Waals surface area contributed by atoms with Crippen molar-refractivity contribution < 1.29 is 8.81 Å². The molecule has 23 heavy (non-hydrogen) atoms. The summed E-state index contributed by atoms with van der Waals surface area (Å²) in [6.45, 7) is 7.04. The van der Waals surface area contributed by atoms with E-state index in [1.54, 1.807) is 18.4 Å². The summed E-state index contributed by atoms with van der Waals surface area (Å²) in [6.07, 6.45) is 2.64. The Balaban J connectivity index is 0.00000192. The van der Waals surface area contributed by atoms with E-state index in [0.29, 0.717) is 11.5 Å². The van der Waals surface area contributed by atoms with Gasteiger partial charge in [0.05, 0.1) is 5.69 Å². The number of oxazole rings is 1. The number of nitrogens with two attached hydrogens (primary N) is 1. The fourth-order valence-corrected chi connectivity index (χ4v) is 2.98. The number of nitrogens with zero attached hydrogens (tertiary/aromatic N) is 2. The summed E-state index contributed by atoms with van der Waals surface area (Å²) >= 11 is 0. The predicted molar refractivity (Wildman–Crippen MR) is 90.8 cm³/mol. The summed E-state index contributed by atoms with van der Waals surface area (Å²) in [5.41, 5.74) is 7.80. The highest BCUT2D eigenvalue weighted by atomic mass is 35.5. The first-order chi connectivity index (χ1) is 10.4. The third-order valence-electron chi connectivity index (χ3n) is 4.40. The van der Waals surface area contributed by atoms with Crippen molar-refractivity contribution in [3.8, 4) is 11.5 Å². The number of likely N-dealkylation sites (tertiary alicyclic amines) is 1. The standard InChI is InChI=1S/C17H22FN3O.ClH/c1-17(2)11-21(7-6-15(17)19)9-14-10-22-16(20-14)12-4-3-5-13(18)8-12;/h3-5,8,10,15H,6-7,9,11,19H2,1-2H3;1H. The summed E-state index contributed by atoms with van der Waals surface area (Å²) in [6, 6.07) is 6.53. The second kappa shape index (κ2) is 6.99. The zero-order valence-electron chi connectivity index (χ0n) is 13.5. The van der Waals surface area contributed by atoms with Gasteiger partial charge in [0.1, 0.15) is 12.1 Å². The van der Waals surface area contributed by atoms with Gasteiger partial charge in [0, 0.05) is 31.2 Å². The smallest absolute Gasteiger partial charge is 0.226 e. The van der Waals surface area contributed by atoms with Crippen LogP contribution in [0.2, 0.25) is 0 Å². The van der Waals surface area contributed by atoms with Crippen molar-refractivity contribution in [3.63, 3.8) is 0 Å². The number of halogens is 2. The van der Waals surface area contributed by atoms with Crippen LogP contribution in [0.25, 0.3) is 11.5 Å². The van der Waals surface area contributed by atoms with Gasteiger partial charge in [0.15, 0.2) is 0 Å². The maximum absolute atomic E-state index is 13.3. The molecule has 1 unspecified atom stereocenters.